The molecule has 1 aromatic carbocycles. The molecule has 0 radical (unpaired) electrons. The maximum absolute atomic E-state index is 12.2. The van der Waals surface area contributed by atoms with Gasteiger partial charge < -0.3 is 19.2 Å². The minimum Gasteiger partial charge on any atom is -0.493 e. The Morgan fingerprint density at radius 2 is 2.08 bits per heavy atom. The van der Waals surface area contributed by atoms with E-state index < -0.39 is 0 Å². The summed E-state index contributed by atoms with van der Waals surface area (Å²) in [6, 6.07) is 9.01. The van der Waals surface area contributed by atoms with Crippen LogP contribution in [0.1, 0.15) is 5.56 Å². The molecule has 0 unspecified atom stereocenters. The second-order valence-corrected chi connectivity index (χ2v) is 5.79. The number of amides is 1. The third kappa shape index (κ3) is 3.57. The smallest absolute Gasteiger partial charge is 0.230 e. The zero-order valence-electron chi connectivity index (χ0n) is 13.2. The average molecular weight is 344 g/mol. The van der Waals surface area contributed by atoms with Crippen molar-refractivity contribution in [2.24, 2.45) is 0 Å². The molecule has 0 saturated carbocycles. The SMILES string of the molecule is COc1ccc(CC(=O)Nc2nc(-c3ccco3)cs2)cc1OC. The molecule has 0 aliphatic carbocycles. The quantitative estimate of drug-likeness (QED) is 0.739. The molecule has 0 saturated heterocycles. The van der Waals surface area contributed by atoms with Gasteiger partial charge in [-0.3, -0.25) is 4.79 Å². The number of furan rings is 1. The van der Waals surface area contributed by atoms with E-state index in [-0.39, 0.29) is 12.3 Å². The zero-order chi connectivity index (χ0) is 16.9. The summed E-state index contributed by atoms with van der Waals surface area (Å²) in [7, 11) is 3.14. The van der Waals surface area contributed by atoms with Gasteiger partial charge in [0.15, 0.2) is 22.4 Å². The Labute approximate surface area is 143 Å². The maximum atomic E-state index is 12.2. The van der Waals surface area contributed by atoms with Crippen molar-refractivity contribution in [2.75, 3.05) is 19.5 Å². The summed E-state index contributed by atoms with van der Waals surface area (Å²) in [5.74, 6) is 1.75. The van der Waals surface area contributed by atoms with Crippen LogP contribution in [0.2, 0.25) is 0 Å². The lowest BCUT2D eigenvalue weighted by molar-refractivity contribution is -0.115. The van der Waals surface area contributed by atoms with Crippen molar-refractivity contribution in [3.8, 4) is 23.0 Å². The lowest BCUT2D eigenvalue weighted by Gasteiger charge is -2.09. The van der Waals surface area contributed by atoms with E-state index in [1.165, 1.54) is 11.3 Å². The second-order valence-electron chi connectivity index (χ2n) is 4.93. The van der Waals surface area contributed by atoms with Gasteiger partial charge in [0.25, 0.3) is 0 Å². The van der Waals surface area contributed by atoms with Crippen LogP contribution in [-0.4, -0.2) is 25.1 Å². The maximum Gasteiger partial charge on any atom is 0.230 e. The molecule has 0 spiro atoms. The average Bonchev–Trinajstić information content (AvgIpc) is 3.25. The van der Waals surface area contributed by atoms with Gasteiger partial charge in [-0.25, -0.2) is 4.98 Å². The van der Waals surface area contributed by atoms with Crippen LogP contribution in [0.15, 0.2) is 46.4 Å². The number of methoxy groups -OCH3 is 2. The highest BCUT2D eigenvalue weighted by atomic mass is 32.1. The monoisotopic (exact) mass is 344 g/mol. The summed E-state index contributed by atoms with van der Waals surface area (Å²) >= 11 is 1.35. The van der Waals surface area contributed by atoms with Gasteiger partial charge in [-0.1, -0.05) is 6.07 Å². The first-order chi connectivity index (χ1) is 11.7. The summed E-state index contributed by atoms with van der Waals surface area (Å²) in [5, 5.41) is 5.17. The number of rotatable bonds is 6. The Morgan fingerprint density at radius 1 is 1.25 bits per heavy atom. The fraction of sp³-hybridized carbons (Fsp3) is 0.176. The molecule has 124 valence electrons. The highest BCUT2D eigenvalue weighted by Gasteiger charge is 2.12. The second kappa shape index (κ2) is 7.18. The molecule has 24 heavy (non-hydrogen) atoms. The fourth-order valence-corrected chi connectivity index (χ4v) is 2.92. The molecule has 0 fully saturated rings. The summed E-state index contributed by atoms with van der Waals surface area (Å²) in [6.45, 7) is 0. The molecular weight excluding hydrogens is 328 g/mol. The molecule has 0 aliphatic heterocycles. The molecule has 3 aromatic rings. The lowest BCUT2D eigenvalue weighted by atomic mass is 10.1. The van der Waals surface area contributed by atoms with Crippen molar-refractivity contribution in [3.05, 3.63) is 47.5 Å². The largest absolute Gasteiger partial charge is 0.493 e. The van der Waals surface area contributed by atoms with Crippen molar-refractivity contribution in [1.82, 2.24) is 4.98 Å². The highest BCUT2D eigenvalue weighted by molar-refractivity contribution is 7.14. The highest BCUT2D eigenvalue weighted by Crippen LogP contribution is 2.28. The number of carbonyl (C=O) groups is 1. The first kappa shape index (κ1) is 16.1. The normalized spacial score (nSPS) is 10.4. The predicted octanol–water partition coefficient (Wildman–Crippen LogP) is 3.60. The zero-order valence-corrected chi connectivity index (χ0v) is 14.1. The third-order valence-electron chi connectivity index (χ3n) is 3.34. The predicted molar refractivity (Wildman–Crippen MR) is 91.7 cm³/mol. The van der Waals surface area contributed by atoms with E-state index >= 15 is 0 Å². The number of benzene rings is 1. The van der Waals surface area contributed by atoms with Gasteiger partial charge >= 0.3 is 0 Å². The van der Waals surface area contributed by atoms with Crippen LogP contribution in [0.5, 0.6) is 11.5 Å². The van der Waals surface area contributed by atoms with Gasteiger partial charge in [0.05, 0.1) is 26.9 Å². The van der Waals surface area contributed by atoms with Gasteiger partial charge in [0.1, 0.15) is 5.69 Å². The Bertz CT molecular complexity index is 827. The van der Waals surface area contributed by atoms with Gasteiger partial charge in [0.2, 0.25) is 5.91 Å². The molecule has 2 aromatic heterocycles. The van der Waals surface area contributed by atoms with E-state index in [0.717, 1.165) is 5.56 Å². The van der Waals surface area contributed by atoms with Crippen molar-refractivity contribution in [3.63, 3.8) is 0 Å². The third-order valence-corrected chi connectivity index (χ3v) is 4.09. The molecule has 6 nitrogen and oxygen atoms in total. The van der Waals surface area contributed by atoms with Crippen LogP contribution in [0.3, 0.4) is 0 Å². The summed E-state index contributed by atoms with van der Waals surface area (Å²) < 4.78 is 15.7. The van der Waals surface area contributed by atoms with E-state index in [9.17, 15) is 4.79 Å². The number of ether oxygens (including phenoxy) is 2. The molecule has 3 rings (SSSR count). The first-order valence-corrected chi connectivity index (χ1v) is 8.07. The number of hydrogen-bond acceptors (Lipinski definition) is 6. The summed E-state index contributed by atoms with van der Waals surface area (Å²) in [6.07, 6.45) is 1.81. The topological polar surface area (TPSA) is 73.6 Å². The van der Waals surface area contributed by atoms with Crippen molar-refractivity contribution >= 4 is 22.4 Å². The molecule has 2 heterocycles. The Morgan fingerprint density at radius 3 is 2.79 bits per heavy atom. The van der Waals surface area contributed by atoms with Crippen LogP contribution < -0.4 is 14.8 Å². The van der Waals surface area contributed by atoms with Crippen molar-refractivity contribution < 1.29 is 18.7 Å². The molecule has 7 heteroatoms. The number of carbonyl (C=O) groups excluding carboxylic acids is 1. The van der Waals surface area contributed by atoms with E-state index in [4.69, 9.17) is 13.9 Å². The number of anilines is 1. The Balaban J connectivity index is 1.65. The number of nitrogens with one attached hydrogen (secondary N) is 1. The number of hydrogen-bond donors (Lipinski definition) is 1. The summed E-state index contributed by atoms with van der Waals surface area (Å²) in [5.41, 5.74) is 1.53. The number of nitrogens with zero attached hydrogens (tertiary/aromatic N) is 1. The van der Waals surface area contributed by atoms with Crippen molar-refractivity contribution in [1.29, 1.82) is 0 Å². The molecule has 1 amide bonds. The summed E-state index contributed by atoms with van der Waals surface area (Å²) in [4.78, 5) is 16.5. The van der Waals surface area contributed by atoms with Gasteiger partial charge in [-0.15, -0.1) is 11.3 Å². The minimum atomic E-state index is -0.150. The van der Waals surface area contributed by atoms with E-state index in [0.29, 0.717) is 28.1 Å². The molecule has 1 N–H and O–H groups in total. The van der Waals surface area contributed by atoms with Gasteiger partial charge in [-0.05, 0) is 29.8 Å². The van der Waals surface area contributed by atoms with E-state index in [1.807, 2.05) is 17.5 Å². The van der Waals surface area contributed by atoms with E-state index in [2.05, 4.69) is 10.3 Å². The Hall–Kier alpha value is -2.80. The van der Waals surface area contributed by atoms with Crippen molar-refractivity contribution in [2.45, 2.75) is 6.42 Å². The molecule has 0 aliphatic rings. The molecule has 0 bridgehead atoms. The molecule has 0 atom stereocenters. The van der Waals surface area contributed by atoms with Crippen LogP contribution in [0, 0.1) is 0 Å². The van der Waals surface area contributed by atoms with Crippen LogP contribution >= 0.6 is 11.3 Å². The lowest BCUT2D eigenvalue weighted by Crippen LogP contribution is -2.14. The van der Waals surface area contributed by atoms with Crippen LogP contribution in [0.25, 0.3) is 11.5 Å². The fourth-order valence-electron chi connectivity index (χ4n) is 2.21. The standard InChI is InChI=1S/C17H16N2O4S/c1-21-14-6-5-11(8-15(14)22-2)9-16(20)19-17-18-12(10-24-17)13-4-3-7-23-13/h3-8,10H,9H2,1-2H3,(H,18,19,20). The number of aromatic nitrogens is 1. The van der Waals surface area contributed by atoms with Gasteiger partial charge in [-0.2, -0.15) is 0 Å². The van der Waals surface area contributed by atoms with Crippen LogP contribution in [-0.2, 0) is 11.2 Å². The minimum absolute atomic E-state index is 0.150. The first-order valence-electron chi connectivity index (χ1n) is 7.19. The number of thiazole rings is 1. The van der Waals surface area contributed by atoms with Gasteiger partial charge in [0, 0.05) is 5.38 Å². The molecular formula is C17H16N2O4S. The van der Waals surface area contributed by atoms with E-state index in [1.54, 1.807) is 38.7 Å². The van der Waals surface area contributed by atoms with Crippen LogP contribution in [0.4, 0.5) is 5.13 Å². The Kier molecular flexibility index (Phi) is 4.81.